The third kappa shape index (κ3) is 5.96. The minimum atomic E-state index is -0.562. The molecule has 3 aromatic carbocycles. The van der Waals surface area contributed by atoms with Gasteiger partial charge in [0, 0.05) is 6.07 Å². The smallest absolute Gasteiger partial charge is 0.310 e. The summed E-state index contributed by atoms with van der Waals surface area (Å²) in [6.07, 6.45) is 0. The van der Waals surface area contributed by atoms with Gasteiger partial charge < -0.3 is 19.5 Å². The van der Waals surface area contributed by atoms with Gasteiger partial charge in [0.1, 0.15) is 24.7 Å². The van der Waals surface area contributed by atoms with E-state index in [-0.39, 0.29) is 24.7 Å². The monoisotopic (exact) mass is 408 g/mol. The number of ether oxygens (including phenoxy) is 3. The lowest BCUT2D eigenvalue weighted by molar-refractivity contribution is -0.385. The highest BCUT2D eigenvalue weighted by atomic mass is 16.6. The minimum Gasteiger partial charge on any atom is -0.490 e. The summed E-state index contributed by atoms with van der Waals surface area (Å²) in [5, 5.41) is 13.7. The summed E-state index contributed by atoms with van der Waals surface area (Å²) in [5.41, 5.74) is 0.265. The molecule has 3 rings (SSSR count). The van der Waals surface area contributed by atoms with Gasteiger partial charge in [0.2, 0.25) is 0 Å². The maximum Gasteiger partial charge on any atom is 0.310 e. The minimum absolute atomic E-state index is 0.0280. The van der Waals surface area contributed by atoms with Crippen LogP contribution in [0.3, 0.4) is 0 Å². The molecule has 0 heterocycles. The Bertz CT molecular complexity index is 994. The largest absolute Gasteiger partial charge is 0.490 e. The van der Waals surface area contributed by atoms with Gasteiger partial charge in [0.15, 0.2) is 12.4 Å². The number of anilines is 1. The van der Waals surface area contributed by atoms with E-state index in [2.05, 4.69) is 5.32 Å². The lowest BCUT2D eigenvalue weighted by atomic mass is 10.3. The second-order valence-electron chi connectivity index (χ2n) is 6.07. The van der Waals surface area contributed by atoms with E-state index < -0.39 is 10.8 Å². The van der Waals surface area contributed by atoms with E-state index in [1.165, 1.54) is 18.2 Å². The van der Waals surface area contributed by atoms with Crippen LogP contribution in [-0.2, 0) is 4.79 Å². The lowest BCUT2D eigenvalue weighted by Crippen LogP contribution is -2.21. The van der Waals surface area contributed by atoms with Gasteiger partial charge in [-0.2, -0.15) is 0 Å². The Balaban J connectivity index is 1.51. The standard InChI is InChI=1S/C22H20N2O6/c25-22(16-30-21-13-7-5-11-19(21)24(26)27)23-18-10-4-6-12-20(18)29-15-14-28-17-8-2-1-3-9-17/h1-13H,14-16H2,(H,23,25). The number of hydrogen-bond donors (Lipinski definition) is 1. The third-order valence-electron chi connectivity index (χ3n) is 3.93. The van der Waals surface area contributed by atoms with Crippen molar-refractivity contribution in [1.82, 2.24) is 0 Å². The van der Waals surface area contributed by atoms with Crippen LogP contribution in [0, 0.1) is 10.1 Å². The number of rotatable bonds is 10. The molecule has 0 aromatic heterocycles. The number of nitrogens with one attached hydrogen (secondary N) is 1. The van der Waals surface area contributed by atoms with Crippen molar-refractivity contribution in [3.05, 3.63) is 89.0 Å². The summed E-state index contributed by atoms with van der Waals surface area (Å²) in [6, 6.07) is 22.2. The molecule has 0 radical (unpaired) electrons. The molecule has 3 aromatic rings. The number of para-hydroxylation sites is 5. The molecule has 1 N–H and O–H groups in total. The fourth-order valence-electron chi connectivity index (χ4n) is 2.58. The van der Waals surface area contributed by atoms with Crippen molar-refractivity contribution >= 4 is 17.3 Å². The number of nitro groups is 1. The Hall–Kier alpha value is -4.07. The van der Waals surface area contributed by atoms with Crippen LogP contribution in [0.5, 0.6) is 17.2 Å². The van der Waals surface area contributed by atoms with Crippen LogP contribution in [0.1, 0.15) is 0 Å². The summed E-state index contributed by atoms with van der Waals surface area (Å²) in [5.74, 6) is 0.785. The zero-order chi connectivity index (χ0) is 21.2. The van der Waals surface area contributed by atoms with Crippen LogP contribution in [0.4, 0.5) is 11.4 Å². The molecular weight excluding hydrogens is 388 g/mol. The van der Waals surface area contributed by atoms with E-state index in [1.807, 2.05) is 30.3 Å². The maximum atomic E-state index is 12.2. The van der Waals surface area contributed by atoms with E-state index in [0.29, 0.717) is 18.0 Å². The number of nitro benzene ring substituents is 1. The quantitative estimate of drug-likeness (QED) is 0.308. The summed E-state index contributed by atoms with van der Waals surface area (Å²) in [4.78, 5) is 22.7. The van der Waals surface area contributed by atoms with Crippen LogP contribution in [-0.4, -0.2) is 30.7 Å². The zero-order valence-corrected chi connectivity index (χ0v) is 16.0. The Morgan fingerprint density at radius 2 is 1.43 bits per heavy atom. The molecule has 0 unspecified atom stereocenters. The van der Waals surface area contributed by atoms with E-state index in [1.54, 1.807) is 30.3 Å². The van der Waals surface area contributed by atoms with E-state index >= 15 is 0 Å². The molecule has 0 spiro atoms. The van der Waals surface area contributed by atoms with Crippen molar-refractivity contribution in [3.8, 4) is 17.2 Å². The van der Waals surface area contributed by atoms with Crippen molar-refractivity contribution < 1.29 is 23.9 Å². The topological polar surface area (TPSA) is 99.9 Å². The molecule has 8 heteroatoms. The number of nitrogens with zero attached hydrogens (tertiary/aromatic N) is 1. The average Bonchev–Trinajstić information content (AvgIpc) is 2.77. The highest BCUT2D eigenvalue weighted by Gasteiger charge is 2.15. The normalized spacial score (nSPS) is 10.1. The van der Waals surface area contributed by atoms with E-state index in [9.17, 15) is 14.9 Å². The van der Waals surface area contributed by atoms with Gasteiger partial charge in [-0.3, -0.25) is 14.9 Å². The molecule has 30 heavy (non-hydrogen) atoms. The zero-order valence-electron chi connectivity index (χ0n) is 16.0. The third-order valence-corrected chi connectivity index (χ3v) is 3.93. The van der Waals surface area contributed by atoms with Crippen LogP contribution in [0.25, 0.3) is 0 Å². The van der Waals surface area contributed by atoms with Crippen molar-refractivity contribution in [2.75, 3.05) is 25.1 Å². The molecule has 0 aliphatic carbocycles. The first-order valence-electron chi connectivity index (χ1n) is 9.19. The first-order valence-corrected chi connectivity index (χ1v) is 9.19. The lowest BCUT2D eigenvalue weighted by Gasteiger charge is -2.13. The van der Waals surface area contributed by atoms with E-state index in [0.717, 1.165) is 5.75 Å². The van der Waals surface area contributed by atoms with Gasteiger partial charge in [0.05, 0.1) is 10.6 Å². The highest BCUT2D eigenvalue weighted by molar-refractivity contribution is 5.93. The second-order valence-corrected chi connectivity index (χ2v) is 6.07. The van der Waals surface area contributed by atoms with Crippen molar-refractivity contribution in [1.29, 1.82) is 0 Å². The van der Waals surface area contributed by atoms with Gasteiger partial charge in [-0.15, -0.1) is 0 Å². The first-order chi connectivity index (χ1) is 14.6. The molecule has 0 bridgehead atoms. The summed E-state index contributed by atoms with van der Waals surface area (Å²) in [7, 11) is 0. The van der Waals surface area contributed by atoms with Crippen LogP contribution >= 0.6 is 0 Å². The molecule has 154 valence electrons. The Kier molecular flexibility index (Phi) is 7.21. The van der Waals surface area contributed by atoms with Gasteiger partial charge in [0.25, 0.3) is 5.91 Å². The fraction of sp³-hybridized carbons (Fsp3) is 0.136. The molecule has 1 amide bonds. The average molecular weight is 408 g/mol. The Morgan fingerprint density at radius 1 is 0.800 bits per heavy atom. The maximum absolute atomic E-state index is 12.2. The van der Waals surface area contributed by atoms with Crippen LogP contribution in [0.15, 0.2) is 78.9 Å². The molecule has 0 atom stereocenters. The van der Waals surface area contributed by atoms with Crippen LogP contribution < -0.4 is 19.5 Å². The molecule has 0 saturated heterocycles. The summed E-state index contributed by atoms with van der Waals surface area (Å²) in [6.45, 7) is 0.248. The van der Waals surface area contributed by atoms with Crippen molar-refractivity contribution in [3.63, 3.8) is 0 Å². The number of carbonyl (C=O) groups excluding carboxylic acids is 1. The molecule has 0 saturated carbocycles. The van der Waals surface area contributed by atoms with Crippen molar-refractivity contribution in [2.45, 2.75) is 0 Å². The number of amides is 1. The summed E-state index contributed by atoms with van der Waals surface area (Å²) < 4.78 is 16.6. The second kappa shape index (κ2) is 10.5. The van der Waals surface area contributed by atoms with Gasteiger partial charge >= 0.3 is 5.69 Å². The highest BCUT2D eigenvalue weighted by Crippen LogP contribution is 2.26. The van der Waals surface area contributed by atoms with Crippen LogP contribution in [0.2, 0.25) is 0 Å². The molecule has 8 nitrogen and oxygen atoms in total. The van der Waals surface area contributed by atoms with Crippen molar-refractivity contribution in [2.24, 2.45) is 0 Å². The fourth-order valence-corrected chi connectivity index (χ4v) is 2.58. The Morgan fingerprint density at radius 3 is 2.20 bits per heavy atom. The predicted octanol–water partition coefficient (Wildman–Crippen LogP) is 4.07. The number of carbonyl (C=O) groups is 1. The predicted molar refractivity (Wildman–Crippen MR) is 111 cm³/mol. The van der Waals surface area contributed by atoms with Gasteiger partial charge in [-0.1, -0.05) is 42.5 Å². The van der Waals surface area contributed by atoms with E-state index in [4.69, 9.17) is 14.2 Å². The molecule has 0 aliphatic rings. The molecular formula is C22H20N2O6. The Labute approximate surface area is 173 Å². The number of benzene rings is 3. The SMILES string of the molecule is O=C(COc1ccccc1[N+](=O)[O-])Nc1ccccc1OCCOc1ccccc1. The van der Waals surface area contributed by atoms with Gasteiger partial charge in [-0.05, 0) is 30.3 Å². The van der Waals surface area contributed by atoms with Gasteiger partial charge in [-0.25, -0.2) is 0 Å². The molecule has 0 aliphatic heterocycles. The summed E-state index contributed by atoms with van der Waals surface area (Å²) >= 11 is 0. The first kappa shape index (κ1) is 20.7. The molecule has 0 fully saturated rings. The number of hydrogen-bond acceptors (Lipinski definition) is 6.